The summed E-state index contributed by atoms with van der Waals surface area (Å²) >= 11 is 0. The number of fused-ring (bicyclic) bond motifs is 1. The first-order valence-electron chi connectivity index (χ1n) is 9.91. The Morgan fingerprint density at radius 1 is 1.13 bits per heavy atom. The van der Waals surface area contributed by atoms with Crippen molar-refractivity contribution in [3.63, 3.8) is 0 Å². The molecular formula is C23H23N5O2. The summed E-state index contributed by atoms with van der Waals surface area (Å²) in [4.78, 5) is 26.0. The molecule has 0 saturated heterocycles. The van der Waals surface area contributed by atoms with Crippen molar-refractivity contribution in [2.24, 2.45) is 7.05 Å². The topological polar surface area (TPSA) is 88.9 Å². The number of hydrogen-bond acceptors (Lipinski definition) is 4. The van der Waals surface area contributed by atoms with Crippen molar-refractivity contribution in [1.29, 1.82) is 0 Å². The Balaban J connectivity index is 1.58. The number of carbonyl (C=O) groups is 2. The molecule has 2 amide bonds. The van der Waals surface area contributed by atoms with E-state index in [4.69, 9.17) is 0 Å². The van der Waals surface area contributed by atoms with E-state index in [9.17, 15) is 9.59 Å². The standard InChI is InChI=1S/C23H23N5O2/c1-28-21-18(13-8-14-19(21)26-27-28)24-23(30)20(15-16-9-4-2-5-10-16)25-22(29)17-11-6-3-7-12-17/h2-6,8-11,13-14,20H,7,12,15H2,1H3,(H,24,30)(H,25,29). The molecule has 7 nitrogen and oxygen atoms in total. The Morgan fingerprint density at radius 2 is 1.97 bits per heavy atom. The molecule has 0 radical (unpaired) electrons. The lowest BCUT2D eigenvalue weighted by Crippen LogP contribution is -2.45. The molecule has 3 aromatic rings. The summed E-state index contributed by atoms with van der Waals surface area (Å²) in [5.41, 5.74) is 3.68. The van der Waals surface area contributed by atoms with Gasteiger partial charge in [-0.3, -0.25) is 9.59 Å². The van der Waals surface area contributed by atoms with Gasteiger partial charge in [-0.25, -0.2) is 4.68 Å². The lowest BCUT2D eigenvalue weighted by Gasteiger charge is -2.20. The fraction of sp³-hybridized carbons (Fsp3) is 0.217. The van der Waals surface area contributed by atoms with Gasteiger partial charge in [0.2, 0.25) is 11.8 Å². The predicted molar refractivity (Wildman–Crippen MR) is 116 cm³/mol. The quantitative estimate of drug-likeness (QED) is 0.665. The van der Waals surface area contributed by atoms with E-state index in [1.165, 1.54) is 0 Å². The Bertz CT molecular complexity index is 1130. The van der Waals surface area contributed by atoms with Gasteiger partial charge in [0.25, 0.3) is 0 Å². The number of nitrogens with zero attached hydrogens (tertiary/aromatic N) is 3. The van der Waals surface area contributed by atoms with Gasteiger partial charge in [0.05, 0.1) is 5.69 Å². The van der Waals surface area contributed by atoms with E-state index in [2.05, 4.69) is 20.9 Å². The number of nitrogens with one attached hydrogen (secondary N) is 2. The summed E-state index contributed by atoms with van der Waals surface area (Å²) in [7, 11) is 1.78. The summed E-state index contributed by atoms with van der Waals surface area (Å²) in [5, 5.41) is 14.0. The molecule has 7 heteroatoms. The lowest BCUT2D eigenvalue weighted by molar-refractivity contribution is -0.124. The molecule has 1 unspecified atom stereocenters. The maximum atomic E-state index is 13.2. The van der Waals surface area contributed by atoms with E-state index in [-0.39, 0.29) is 11.8 Å². The number of allylic oxidation sites excluding steroid dienone is 3. The van der Waals surface area contributed by atoms with Gasteiger partial charge in [-0.1, -0.05) is 59.8 Å². The molecule has 1 atom stereocenters. The van der Waals surface area contributed by atoms with Crippen molar-refractivity contribution in [2.45, 2.75) is 25.3 Å². The second kappa shape index (κ2) is 8.73. The molecule has 1 aliphatic rings. The first-order chi connectivity index (χ1) is 14.6. The van der Waals surface area contributed by atoms with Crippen molar-refractivity contribution in [3.05, 3.63) is 77.9 Å². The Kier molecular flexibility index (Phi) is 5.70. The van der Waals surface area contributed by atoms with E-state index < -0.39 is 6.04 Å². The predicted octanol–water partition coefficient (Wildman–Crippen LogP) is 2.91. The van der Waals surface area contributed by atoms with Crippen LogP contribution in [-0.4, -0.2) is 32.9 Å². The number of aryl methyl sites for hydroxylation is 1. The largest absolute Gasteiger partial charge is 0.340 e. The first-order valence-corrected chi connectivity index (χ1v) is 9.91. The van der Waals surface area contributed by atoms with E-state index in [1.54, 1.807) is 23.9 Å². The average molecular weight is 401 g/mol. The summed E-state index contributed by atoms with van der Waals surface area (Å²) < 4.78 is 1.62. The van der Waals surface area contributed by atoms with E-state index in [0.29, 0.717) is 29.6 Å². The second-order valence-electron chi connectivity index (χ2n) is 7.25. The minimum Gasteiger partial charge on any atom is -0.340 e. The normalized spacial score (nSPS) is 14.2. The van der Waals surface area contributed by atoms with Crippen LogP contribution in [0.3, 0.4) is 0 Å². The minimum absolute atomic E-state index is 0.212. The van der Waals surface area contributed by atoms with Crippen LogP contribution in [0.15, 0.2) is 72.3 Å². The van der Waals surface area contributed by atoms with Crippen LogP contribution in [0, 0.1) is 0 Å². The SMILES string of the molecule is Cn1nnc2cccc(NC(=O)C(Cc3ccccc3)NC(=O)C3=CC=CCC3)c21. The van der Waals surface area contributed by atoms with Crippen LogP contribution in [0.1, 0.15) is 18.4 Å². The van der Waals surface area contributed by atoms with E-state index in [1.807, 2.05) is 54.6 Å². The highest BCUT2D eigenvalue weighted by Crippen LogP contribution is 2.21. The highest BCUT2D eigenvalue weighted by molar-refractivity contribution is 6.04. The second-order valence-corrected chi connectivity index (χ2v) is 7.25. The van der Waals surface area contributed by atoms with Gasteiger partial charge < -0.3 is 10.6 Å². The van der Waals surface area contributed by atoms with E-state index in [0.717, 1.165) is 17.5 Å². The number of aromatic nitrogens is 3. The third-order valence-electron chi connectivity index (χ3n) is 5.09. The third-order valence-corrected chi connectivity index (χ3v) is 5.09. The third kappa shape index (κ3) is 4.30. The van der Waals surface area contributed by atoms with Crippen LogP contribution in [0.4, 0.5) is 5.69 Å². The van der Waals surface area contributed by atoms with Gasteiger partial charge in [0, 0.05) is 19.0 Å². The summed E-state index contributed by atoms with van der Waals surface area (Å²) in [5.74, 6) is -0.497. The summed E-state index contributed by atoms with van der Waals surface area (Å²) in [6, 6.07) is 14.4. The molecule has 0 saturated carbocycles. The molecular weight excluding hydrogens is 378 g/mol. The zero-order valence-corrected chi connectivity index (χ0v) is 16.7. The fourth-order valence-electron chi connectivity index (χ4n) is 3.53. The molecule has 30 heavy (non-hydrogen) atoms. The lowest BCUT2D eigenvalue weighted by atomic mass is 10.0. The van der Waals surface area contributed by atoms with Crippen LogP contribution in [-0.2, 0) is 23.1 Å². The van der Waals surface area contributed by atoms with Gasteiger partial charge in [0.1, 0.15) is 17.1 Å². The molecule has 152 valence electrons. The van der Waals surface area contributed by atoms with Crippen molar-refractivity contribution >= 4 is 28.5 Å². The van der Waals surface area contributed by atoms with Crippen LogP contribution < -0.4 is 10.6 Å². The van der Waals surface area contributed by atoms with Gasteiger partial charge in [-0.05, 0) is 30.5 Å². The summed E-state index contributed by atoms with van der Waals surface area (Å²) in [6.45, 7) is 0. The number of carbonyl (C=O) groups excluding carboxylic acids is 2. The molecule has 0 fully saturated rings. The Hall–Kier alpha value is -3.74. The van der Waals surface area contributed by atoms with Crippen LogP contribution >= 0.6 is 0 Å². The number of anilines is 1. The van der Waals surface area contributed by atoms with Crippen molar-refractivity contribution in [1.82, 2.24) is 20.3 Å². The monoisotopic (exact) mass is 401 g/mol. The maximum Gasteiger partial charge on any atom is 0.247 e. The van der Waals surface area contributed by atoms with Crippen molar-refractivity contribution in [3.8, 4) is 0 Å². The zero-order chi connectivity index (χ0) is 20.9. The van der Waals surface area contributed by atoms with Crippen LogP contribution in [0.5, 0.6) is 0 Å². The number of benzene rings is 2. The average Bonchev–Trinajstić information content (AvgIpc) is 3.16. The fourth-order valence-corrected chi connectivity index (χ4v) is 3.53. The van der Waals surface area contributed by atoms with Crippen molar-refractivity contribution in [2.75, 3.05) is 5.32 Å². The van der Waals surface area contributed by atoms with Crippen molar-refractivity contribution < 1.29 is 9.59 Å². The number of hydrogen-bond donors (Lipinski definition) is 2. The van der Waals surface area contributed by atoms with Crippen LogP contribution in [0.2, 0.25) is 0 Å². The van der Waals surface area contributed by atoms with Gasteiger partial charge >= 0.3 is 0 Å². The smallest absolute Gasteiger partial charge is 0.247 e. The highest BCUT2D eigenvalue weighted by Gasteiger charge is 2.24. The van der Waals surface area contributed by atoms with Gasteiger partial charge in [0.15, 0.2) is 0 Å². The molecule has 0 aliphatic heterocycles. The molecule has 2 N–H and O–H groups in total. The molecule has 1 heterocycles. The molecule has 0 bridgehead atoms. The minimum atomic E-state index is -0.719. The zero-order valence-electron chi connectivity index (χ0n) is 16.7. The number of rotatable bonds is 6. The Morgan fingerprint density at radius 3 is 2.73 bits per heavy atom. The molecule has 1 aliphatic carbocycles. The molecule has 4 rings (SSSR count). The van der Waals surface area contributed by atoms with Crippen LogP contribution in [0.25, 0.3) is 11.0 Å². The number of para-hydroxylation sites is 1. The molecule has 0 spiro atoms. The number of amides is 2. The summed E-state index contributed by atoms with van der Waals surface area (Å²) in [6.07, 6.45) is 7.58. The highest BCUT2D eigenvalue weighted by atomic mass is 16.2. The van der Waals surface area contributed by atoms with Gasteiger partial charge in [-0.15, -0.1) is 5.10 Å². The Labute approximate surface area is 174 Å². The maximum absolute atomic E-state index is 13.2. The van der Waals surface area contributed by atoms with E-state index >= 15 is 0 Å². The van der Waals surface area contributed by atoms with Gasteiger partial charge in [-0.2, -0.15) is 0 Å². The first kappa shape index (κ1) is 19.6. The molecule has 2 aromatic carbocycles. The molecule has 1 aromatic heterocycles.